The van der Waals surface area contributed by atoms with Crippen molar-refractivity contribution in [2.24, 2.45) is 0 Å². The third-order valence-electron chi connectivity index (χ3n) is 2.76. The van der Waals surface area contributed by atoms with E-state index in [1.54, 1.807) is 6.33 Å². The average molecular weight is 265 g/mol. The fourth-order valence-corrected chi connectivity index (χ4v) is 1.90. The summed E-state index contributed by atoms with van der Waals surface area (Å²) in [7, 11) is 0. The van der Waals surface area contributed by atoms with Crippen LogP contribution >= 0.6 is 11.6 Å². The Kier molecular flexibility index (Phi) is 3.87. The van der Waals surface area contributed by atoms with Gasteiger partial charge in [-0.3, -0.25) is 0 Å². The van der Waals surface area contributed by atoms with E-state index in [4.69, 9.17) is 11.6 Å². The van der Waals surface area contributed by atoms with Crippen molar-refractivity contribution >= 4 is 17.3 Å². The van der Waals surface area contributed by atoms with E-state index < -0.39 is 0 Å². The van der Waals surface area contributed by atoms with Gasteiger partial charge in [0.15, 0.2) is 0 Å². The number of aromatic nitrogens is 3. The number of benzene rings is 1. The first-order valence-electron chi connectivity index (χ1n) is 5.96. The quantitative estimate of drug-likeness (QED) is 0.920. The van der Waals surface area contributed by atoms with Crippen molar-refractivity contribution in [2.45, 2.75) is 33.4 Å². The Morgan fingerprint density at radius 1 is 1.39 bits per heavy atom. The molecule has 0 saturated heterocycles. The second kappa shape index (κ2) is 5.40. The molecule has 0 amide bonds. The number of nitrogens with zero attached hydrogens (tertiary/aromatic N) is 3. The molecule has 0 aliphatic carbocycles. The Morgan fingerprint density at radius 2 is 2.17 bits per heavy atom. The van der Waals surface area contributed by atoms with Crippen LogP contribution in [-0.4, -0.2) is 14.8 Å². The molecule has 0 fully saturated rings. The maximum atomic E-state index is 6.08. The highest BCUT2D eigenvalue weighted by Gasteiger charge is 2.07. The number of halogens is 1. The lowest BCUT2D eigenvalue weighted by Crippen LogP contribution is -2.12. The maximum Gasteiger partial charge on any atom is 0.146 e. The van der Waals surface area contributed by atoms with Gasteiger partial charge in [-0.05, 0) is 38.5 Å². The fraction of sp³-hybridized carbons (Fsp3) is 0.385. The molecule has 0 unspecified atom stereocenters. The minimum absolute atomic E-state index is 0.311. The number of hydrogen-bond acceptors (Lipinski definition) is 3. The van der Waals surface area contributed by atoms with Crippen molar-refractivity contribution in [2.75, 3.05) is 5.32 Å². The van der Waals surface area contributed by atoms with Gasteiger partial charge < -0.3 is 5.32 Å². The van der Waals surface area contributed by atoms with Crippen molar-refractivity contribution in [3.8, 4) is 0 Å². The van der Waals surface area contributed by atoms with Crippen LogP contribution in [0.1, 0.15) is 31.3 Å². The molecule has 1 aromatic carbocycles. The Morgan fingerprint density at radius 3 is 2.83 bits per heavy atom. The summed E-state index contributed by atoms with van der Waals surface area (Å²) in [6, 6.07) is 6.24. The highest BCUT2D eigenvalue weighted by atomic mass is 35.5. The first-order chi connectivity index (χ1) is 8.58. The van der Waals surface area contributed by atoms with Gasteiger partial charge in [-0.2, -0.15) is 5.10 Å². The van der Waals surface area contributed by atoms with Gasteiger partial charge in [0.1, 0.15) is 12.2 Å². The second-order valence-corrected chi connectivity index (χ2v) is 4.94. The zero-order chi connectivity index (χ0) is 13.1. The summed E-state index contributed by atoms with van der Waals surface area (Å²) >= 11 is 6.08. The Balaban J connectivity index is 2.07. The third-order valence-corrected chi connectivity index (χ3v) is 3.17. The summed E-state index contributed by atoms with van der Waals surface area (Å²) in [4.78, 5) is 4.25. The molecular weight excluding hydrogens is 248 g/mol. The van der Waals surface area contributed by atoms with Gasteiger partial charge >= 0.3 is 0 Å². The summed E-state index contributed by atoms with van der Waals surface area (Å²) in [5.41, 5.74) is 2.07. The Bertz CT molecular complexity index is 534. The molecule has 18 heavy (non-hydrogen) atoms. The molecule has 5 heteroatoms. The first-order valence-corrected chi connectivity index (χ1v) is 6.34. The zero-order valence-electron chi connectivity index (χ0n) is 10.8. The molecule has 0 bridgehead atoms. The van der Waals surface area contributed by atoms with E-state index in [1.807, 2.05) is 29.8 Å². The van der Waals surface area contributed by atoms with Crippen molar-refractivity contribution in [1.82, 2.24) is 14.8 Å². The molecule has 0 radical (unpaired) electrons. The SMILES string of the molecule is Cc1ccc(NCc2ncnn2C(C)C)cc1Cl. The molecule has 0 aliphatic rings. The van der Waals surface area contributed by atoms with Crippen LogP contribution in [0, 0.1) is 6.92 Å². The lowest BCUT2D eigenvalue weighted by Gasteiger charge is -2.11. The van der Waals surface area contributed by atoms with Crippen molar-refractivity contribution in [3.05, 3.63) is 40.9 Å². The normalized spacial score (nSPS) is 10.9. The van der Waals surface area contributed by atoms with Gasteiger partial charge in [-0.15, -0.1) is 0 Å². The lowest BCUT2D eigenvalue weighted by atomic mass is 10.2. The fourth-order valence-electron chi connectivity index (χ4n) is 1.72. The summed E-state index contributed by atoms with van der Waals surface area (Å²) in [6.45, 7) is 6.79. The van der Waals surface area contributed by atoms with E-state index in [2.05, 4.69) is 29.2 Å². The molecule has 0 aliphatic heterocycles. The van der Waals surface area contributed by atoms with Crippen LogP contribution in [0.5, 0.6) is 0 Å². The smallest absolute Gasteiger partial charge is 0.146 e. The van der Waals surface area contributed by atoms with Crippen LogP contribution in [-0.2, 0) is 6.54 Å². The average Bonchev–Trinajstić information content (AvgIpc) is 2.79. The maximum absolute atomic E-state index is 6.08. The highest BCUT2D eigenvalue weighted by molar-refractivity contribution is 6.31. The molecule has 1 heterocycles. The summed E-state index contributed by atoms with van der Waals surface area (Å²) in [5.74, 6) is 0.918. The highest BCUT2D eigenvalue weighted by Crippen LogP contribution is 2.20. The van der Waals surface area contributed by atoms with Gasteiger partial charge in [0.05, 0.1) is 6.54 Å². The standard InChI is InChI=1S/C13H17ClN4/c1-9(2)18-13(16-8-17-18)7-15-11-5-4-10(3)12(14)6-11/h4-6,8-9,15H,7H2,1-3H3. The summed E-state index contributed by atoms with van der Waals surface area (Å²) < 4.78 is 1.91. The topological polar surface area (TPSA) is 42.7 Å². The van der Waals surface area contributed by atoms with Crippen molar-refractivity contribution in [1.29, 1.82) is 0 Å². The minimum atomic E-state index is 0.311. The van der Waals surface area contributed by atoms with Gasteiger partial charge in [-0.1, -0.05) is 17.7 Å². The molecule has 0 spiro atoms. The van der Waals surface area contributed by atoms with Crippen LogP contribution in [0.2, 0.25) is 5.02 Å². The summed E-state index contributed by atoms with van der Waals surface area (Å²) in [5, 5.41) is 8.27. The molecule has 0 saturated carbocycles. The van der Waals surface area contributed by atoms with E-state index in [-0.39, 0.29) is 0 Å². The van der Waals surface area contributed by atoms with Crippen molar-refractivity contribution in [3.63, 3.8) is 0 Å². The predicted octanol–water partition coefficient (Wildman–Crippen LogP) is 3.43. The molecule has 1 aromatic heterocycles. The van der Waals surface area contributed by atoms with Crippen LogP contribution < -0.4 is 5.32 Å². The van der Waals surface area contributed by atoms with E-state index in [0.717, 1.165) is 22.1 Å². The number of hydrogen-bond donors (Lipinski definition) is 1. The summed E-state index contributed by atoms with van der Waals surface area (Å²) in [6.07, 6.45) is 1.58. The number of aryl methyl sites for hydroxylation is 1. The Labute approximate surface area is 112 Å². The lowest BCUT2D eigenvalue weighted by molar-refractivity contribution is 0.509. The van der Waals surface area contributed by atoms with Crippen LogP contribution in [0.25, 0.3) is 0 Å². The number of nitrogens with one attached hydrogen (secondary N) is 1. The number of anilines is 1. The predicted molar refractivity (Wildman–Crippen MR) is 73.9 cm³/mol. The van der Waals surface area contributed by atoms with Gasteiger partial charge in [0.2, 0.25) is 0 Å². The van der Waals surface area contributed by atoms with E-state index in [0.29, 0.717) is 12.6 Å². The van der Waals surface area contributed by atoms with Crippen molar-refractivity contribution < 1.29 is 0 Å². The first kappa shape index (κ1) is 12.9. The molecule has 0 atom stereocenters. The monoisotopic (exact) mass is 264 g/mol. The third kappa shape index (κ3) is 2.82. The molecule has 2 rings (SSSR count). The van der Waals surface area contributed by atoms with Gasteiger partial charge in [-0.25, -0.2) is 9.67 Å². The molecule has 4 nitrogen and oxygen atoms in total. The van der Waals surface area contributed by atoms with Gasteiger partial charge in [0.25, 0.3) is 0 Å². The van der Waals surface area contributed by atoms with Crippen LogP contribution in [0.15, 0.2) is 24.5 Å². The Hall–Kier alpha value is -1.55. The van der Waals surface area contributed by atoms with E-state index in [1.165, 1.54) is 0 Å². The van der Waals surface area contributed by atoms with Crippen LogP contribution in [0.3, 0.4) is 0 Å². The second-order valence-electron chi connectivity index (χ2n) is 4.53. The number of rotatable bonds is 4. The zero-order valence-corrected chi connectivity index (χ0v) is 11.6. The molecule has 1 N–H and O–H groups in total. The van der Waals surface area contributed by atoms with Crippen LogP contribution in [0.4, 0.5) is 5.69 Å². The molecular formula is C13H17ClN4. The van der Waals surface area contributed by atoms with Gasteiger partial charge in [0, 0.05) is 16.8 Å². The molecule has 2 aromatic rings. The van der Waals surface area contributed by atoms with E-state index in [9.17, 15) is 0 Å². The largest absolute Gasteiger partial charge is 0.378 e. The minimum Gasteiger partial charge on any atom is -0.378 e. The van der Waals surface area contributed by atoms with E-state index >= 15 is 0 Å². The molecule has 96 valence electrons.